The summed E-state index contributed by atoms with van der Waals surface area (Å²) in [5.74, 6) is -0.368. The monoisotopic (exact) mass is 420 g/mol. The van der Waals surface area contributed by atoms with Crippen LogP contribution < -0.4 is 15.0 Å². The zero-order valence-corrected chi connectivity index (χ0v) is 18.1. The van der Waals surface area contributed by atoms with Crippen molar-refractivity contribution in [3.8, 4) is 17.0 Å². The predicted molar refractivity (Wildman–Crippen MR) is 118 cm³/mol. The van der Waals surface area contributed by atoms with Gasteiger partial charge in [-0.1, -0.05) is 12.1 Å². The molecule has 0 fully saturated rings. The average molecular weight is 420 g/mol. The maximum absolute atomic E-state index is 14.8. The molecule has 2 heterocycles. The van der Waals surface area contributed by atoms with E-state index in [0.717, 1.165) is 22.6 Å². The summed E-state index contributed by atoms with van der Waals surface area (Å²) in [6, 6.07) is 10.7. The number of hydrogen-bond donors (Lipinski definition) is 1. The van der Waals surface area contributed by atoms with Crippen LogP contribution in [0.15, 0.2) is 42.6 Å². The summed E-state index contributed by atoms with van der Waals surface area (Å²) >= 11 is 0. The number of aromatic nitrogens is 2. The van der Waals surface area contributed by atoms with Crippen LogP contribution in [-0.2, 0) is 6.42 Å². The van der Waals surface area contributed by atoms with Crippen molar-refractivity contribution in [1.82, 2.24) is 15.3 Å². The van der Waals surface area contributed by atoms with Crippen molar-refractivity contribution < 1.29 is 13.9 Å². The Morgan fingerprint density at radius 3 is 2.81 bits per heavy atom. The van der Waals surface area contributed by atoms with Gasteiger partial charge in [0.2, 0.25) is 0 Å². The van der Waals surface area contributed by atoms with Crippen LogP contribution in [0.4, 0.5) is 10.1 Å². The van der Waals surface area contributed by atoms with E-state index in [1.54, 1.807) is 12.3 Å². The third kappa shape index (κ3) is 4.21. The molecule has 3 aromatic rings. The van der Waals surface area contributed by atoms with E-state index in [4.69, 9.17) is 4.74 Å². The number of benzene rings is 2. The van der Waals surface area contributed by atoms with Crippen molar-refractivity contribution in [3.05, 3.63) is 70.9 Å². The highest BCUT2D eigenvalue weighted by Gasteiger charge is 2.28. The zero-order chi connectivity index (χ0) is 22.1. The van der Waals surface area contributed by atoms with Crippen LogP contribution in [0.2, 0.25) is 0 Å². The molecule has 1 N–H and O–H groups in total. The van der Waals surface area contributed by atoms with Gasteiger partial charge in [-0.15, -0.1) is 0 Å². The van der Waals surface area contributed by atoms with Crippen LogP contribution in [0, 0.1) is 19.7 Å². The SMILES string of the molecule is Cc1cnc(C)c(-c2cc(F)c3c(c2)C[C@H](CNC(=O)c2ccccc2N(C)C)O3)n1. The molecule has 7 heteroatoms. The number of anilines is 1. The first-order valence-electron chi connectivity index (χ1n) is 10.2. The summed E-state index contributed by atoms with van der Waals surface area (Å²) in [5.41, 5.74) is 5.05. The third-order valence-corrected chi connectivity index (χ3v) is 5.32. The smallest absolute Gasteiger partial charge is 0.253 e. The fourth-order valence-electron chi connectivity index (χ4n) is 3.81. The molecule has 6 nitrogen and oxygen atoms in total. The molecule has 1 atom stereocenters. The Hall–Kier alpha value is -3.48. The highest BCUT2D eigenvalue weighted by molar-refractivity contribution is 5.99. The van der Waals surface area contributed by atoms with Gasteiger partial charge in [-0.2, -0.15) is 0 Å². The molecule has 0 spiro atoms. The van der Waals surface area contributed by atoms with E-state index in [0.29, 0.717) is 23.2 Å². The van der Waals surface area contributed by atoms with Crippen LogP contribution in [-0.4, -0.2) is 42.6 Å². The van der Waals surface area contributed by atoms with E-state index in [1.807, 2.05) is 57.1 Å². The summed E-state index contributed by atoms with van der Waals surface area (Å²) in [5, 5.41) is 2.92. The molecule has 0 radical (unpaired) electrons. The molecule has 0 saturated heterocycles. The second-order valence-corrected chi connectivity index (χ2v) is 7.96. The fraction of sp³-hybridized carbons (Fsp3) is 0.292. The van der Waals surface area contributed by atoms with E-state index in [2.05, 4.69) is 15.3 Å². The predicted octanol–water partition coefficient (Wildman–Crippen LogP) is 3.70. The van der Waals surface area contributed by atoms with Gasteiger partial charge in [0.05, 0.1) is 29.2 Å². The molecule has 0 unspecified atom stereocenters. The molecule has 160 valence electrons. The number of carbonyl (C=O) groups excluding carboxylic acids is 1. The molecule has 0 aliphatic carbocycles. The van der Waals surface area contributed by atoms with E-state index < -0.39 is 5.82 Å². The molecular formula is C24H25FN4O2. The number of fused-ring (bicyclic) bond motifs is 1. The minimum atomic E-state index is -0.429. The van der Waals surface area contributed by atoms with E-state index >= 15 is 0 Å². The van der Waals surface area contributed by atoms with Gasteiger partial charge in [0.1, 0.15) is 6.10 Å². The highest BCUT2D eigenvalue weighted by Crippen LogP contribution is 2.36. The molecule has 1 aromatic heterocycles. The maximum Gasteiger partial charge on any atom is 0.253 e. The van der Waals surface area contributed by atoms with Crippen molar-refractivity contribution in [1.29, 1.82) is 0 Å². The zero-order valence-electron chi connectivity index (χ0n) is 18.1. The summed E-state index contributed by atoms with van der Waals surface area (Å²) in [4.78, 5) is 23.4. The molecular weight excluding hydrogens is 395 g/mol. The summed E-state index contributed by atoms with van der Waals surface area (Å²) in [6.45, 7) is 4.00. The minimum Gasteiger partial charge on any atom is -0.485 e. The quantitative estimate of drug-likeness (QED) is 0.682. The van der Waals surface area contributed by atoms with E-state index in [-0.39, 0.29) is 24.3 Å². The Morgan fingerprint density at radius 1 is 1.26 bits per heavy atom. The second kappa shape index (κ2) is 8.34. The standard InChI is InChI=1S/C24H25FN4O2/c1-14-12-26-15(2)22(28-14)16-9-17-10-18(31-23(17)20(25)11-16)13-27-24(30)19-7-5-6-8-21(19)29(3)4/h5-9,11-12,18H,10,13H2,1-4H3,(H,27,30)/t18-/m1/s1. The molecule has 4 rings (SSSR count). The highest BCUT2D eigenvalue weighted by atomic mass is 19.1. The molecule has 1 aliphatic rings. The van der Waals surface area contributed by atoms with Gasteiger partial charge in [0, 0.05) is 43.5 Å². The number of nitrogens with one attached hydrogen (secondary N) is 1. The van der Waals surface area contributed by atoms with Crippen molar-refractivity contribution in [3.63, 3.8) is 0 Å². The van der Waals surface area contributed by atoms with Crippen LogP contribution in [0.3, 0.4) is 0 Å². The molecule has 0 saturated carbocycles. The number of hydrogen-bond acceptors (Lipinski definition) is 5. The van der Waals surface area contributed by atoms with E-state index in [9.17, 15) is 9.18 Å². The van der Waals surface area contributed by atoms with Crippen LogP contribution >= 0.6 is 0 Å². The molecule has 0 bridgehead atoms. The number of ether oxygens (including phenoxy) is 1. The van der Waals surface area contributed by atoms with Crippen LogP contribution in [0.5, 0.6) is 5.75 Å². The van der Waals surface area contributed by atoms with Crippen molar-refractivity contribution in [2.45, 2.75) is 26.4 Å². The van der Waals surface area contributed by atoms with E-state index in [1.165, 1.54) is 6.07 Å². The van der Waals surface area contributed by atoms with Crippen molar-refractivity contribution in [2.75, 3.05) is 25.5 Å². The molecule has 2 aromatic carbocycles. The van der Waals surface area contributed by atoms with Gasteiger partial charge in [-0.3, -0.25) is 9.78 Å². The van der Waals surface area contributed by atoms with Crippen LogP contribution in [0.25, 0.3) is 11.3 Å². The number of para-hydroxylation sites is 1. The summed E-state index contributed by atoms with van der Waals surface area (Å²) in [6.07, 6.45) is 1.87. The van der Waals surface area contributed by atoms with Gasteiger partial charge in [-0.25, -0.2) is 9.37 Å². The minimum absolute atomic E-state index is 0.185. The molecule has 1 aliphatic heterocycles. The Bertz CT molecular complexity index is 1150. The first-order valence-corrected chi connectivity index (χ1v) is 10.2. The first-order chi connectivity index (χ1) is 14.8. The lowest BCUT2D eigenvalue weighted by molar-refractivity contribution is 0.0933. The maximum atomic E-state index is 14.8. The Labute approximate surface area is 181 Å². The normalized spacial score (nSPS) is 14.7. The number of aryl methyl sites for hydroxylation is 2. The van der Waals surface area contributed by atoms with Crippen molar-refractivity contribution >= 4 is 11.6 Å². The fourth-order valence-corrected chi connectivity index (χ4v) is 3.81. The Morgan fingerprint density at radius 2 is 2.03 bits per heavy atom. The average Bonchev–Trinajstić information content (AvgIpc) is 3.17. The number of carbonyl (C=O) groups is 1. The van der Waals surface area contributed by atoms with Gasteiger partial charge < -0.3 is 15.0 Å². The largest absolute Gasteiger partial charge is 0.485 e. The molecule has 31 heavy (non-hydrogen) atoms. The summed E-state index contributed by atoms with van der Waals surface area (Å²) < 4.78 is 20.6. The number of halogens is 1. The first kappa shape index (κ1) is 20.8. The van der Waals surface area contributed by atoms with Gasteiger partial charge in [0.15, 0.2) is 11.6 Å². The second-order valence-electron chi connectivity index (χ2n) is 7.96. The van der Waals surface area contributed by atoms with Gasteiger partial charge in [0.25, 0.3) is 5.91 Å². The lowest BCUT2D eigenvalue weighted by atomic mass is 10.0. The Kier molecular flexibility index (Phi) is 5.59. The Balaban J connectivity index is 1.49. The lowest BCUT2D eigenvalue weighted by Gasteiger charge is -2.18. The number of nitrogens with zero attached hydrogens (tertiary/aromatic N) is 3. The van der Waals surface area contributed by atoms with Gasteiger partial charge in [-0.05, 0) is 38.1 Å². The lowest BCUT2D eigenvalue weighted by Crippen LogP contribution is -2.35. The molecule has 1 amide bonds. The van der Waals surface area contributed by atoms with Crippen LogP contribution in [0.1, 0.15) is 27.3 Å². The van der Waals surface area contributed by atoms with Gasteiger partial charge >= 0.3 is 0 Å². The third-order valence-electron chi connectivity index (χ3n) is 5.32. The topological polar surface area (TPSA) is 67.4 Å². The number of amides is 1. The summed E-state index contributed by atoms with van der Waals surface area (Å²) in [7, 11) is 3.78. The number of rotatable bonds is 5. The van der Waals surface area contributed by atoms with Crippen molar-refractivity contribution in [2.24, 2.45) is 0 Å².